The molecule has 0 spiro atoms. The van der Waals surface area contributed by atoms with E-state index in [1.165, 1.54) is 13.7 Å². The van der Waals surface area contributed by atoms with Crippen molar-refractivity contribution in [2.45, 2.75) is 11.8 Å². The molecule has 2 aromatic heterocycles. The van der Waals surface area contributed by atoms with Gasteiger partial charge in [-0.25, -0.2) is 22.7 Å². The Morgan fingerprint density at radius 1 is 1.06 bits per heavy atom. The number of rotatable bonds is 5. The van der Waals surface area contributed by atoms with Crippen LogP contribution in [0.4, 0.5) is 0 Å². The monoisotopic (exact) mass is 443 g/mol. The lowest BCUT2D eigenvalue weighted by atomic mass is 10.2. The van der Waals surface area contributed by atoms with E-state index in [1.807, 2.05) is 0 Å². The number of piperazine rings is 1. The highest BCUT2D eigenvalue weighted by Gasteiger charge is 2.30. The zero-order chi connectivity index (χ0) is 22.0. The maximum atomic E-state index is 12.7. The number of hydrogen-bond acceptors (Lipinski definition) is 7. The summed E-state index contributed by atoms with van der Waals surface area (Å²) < 4.78 is 33.4. The van der Waals surface area contributed by atoms with Crippen LogP contribution in [0.1, 0.15) is 16.1 Å². The number of benzene rings is 1. The highest BCUT2D eigenvalue weighted by Crippen LogP contribution is 2.18. The fraction of sp³-hybridized carbons (Fsp3) is 0.300. The van der Waals surface area contributed by atoms with Crippen LogP contribution in [0.2, 0.25) is 0 Å². The van der Waals surface area contributed by atoms with E-state index >= 15 is 0 Å². The molecule has 10 nitrogen and oxygen atoms in total. The average molecular weight is 443 g/mol. The predicted octanol–water partition coefficient (Wildman–Crippen LogP) is 0.728. The quantitative estimate of drug-likeness (QED) is 0.534. The van der Waals surface area contributed by atoms with E-state index < -0.39 is 22.6 Å². The standard InChI is InChI=1S/C20H21N5O5S/c1-15-18(19-21-8-5-9-25(19)22-15)20(27)30-14-17(26)23-10-12-24(13-11-23)31(28,29)16-6-3-2-4-7-16/h2-9H,10-14H2,1H3. The lowest BCUT2D eigenvalue weighted by molar-refractivity contribution is -0.135. The maximum absolute atomic E-state index is 12.7. The summed E-state index contributed by atoms with van der Waals surface area (Å²) in [4.78, 5) is 30.8. The molecule has 0 radical (unpaired) electrons. The van der Waals surface area contributed by atoms with Crippen molar-refractivity contribution in [3.8, 4) is 0 Å². The molecule has 0 bridgehead atoms. The first-order chi connectivity index (χ1) is 14.9. The highest BCUT2D eigenvalue weighted by molar-refractivity contribution is 7.89. The first kappa shape index (κ1) is 20.9. The van der Waals surface area contributed by atoms with Crippen LogP contribution < -0.4 is 0 Å². The van der Waals surface area contributed by atoms with Gasteiger partial charge in [0.2, 0.25) is 10.0 Å². The van der Waals surface area contributed by atoms with Gasteiger partial charge in [-0.05, 0) is 25.1 Å². The molecule has 31 heavy (non-hydrogen) atoms. The molecule has 0 aliphatic carbocycles. The Morgan fingerprint density at radius 3 is 2.48 bits per heavy atom. The molecule has 162 valence electrons. The Morgan fingerprint density at radius 2 is 1.77 bits per heavy atom. The normalized spacial score (nSPS) is 15.2. The van der Waals surface area contributed by atoms with Crippen molar-refractivity contribution < 1.29 is 22.7 Å². The Balaban J connectivity index is 1.34. The molecular weight excluding hydrogens is 422 g/mol. The molecular formula is C20H21N5O5S. The summed E-state index contributed by atoms with van der Waals surface area (Å²) >= 11 is 0. The maximum Gasteiger partial charge on any atom is 0.344 e. The van der Waals surface area contributed by atoms with Gasteiger partial charge in [-0.15, -0.1) is 0 Å². The number of carbonyl (C=O) groups excluding carboxylic acids is 2. The minimum absolute atomic E-state index is 0.175. The van der Waals surface area contributed by atoms with E-state index in [2.05, 4.69) is 10.1 Å². The smallest absolute Gasteiger partial charge is 0.344 e. The summed E-state index contributed by atoms with van der Waals surface area (Å²) in [6.45, 7) is 2.02. The number of amides is 1. The van der Waals surface area contributed by atoms with Crippen molar-refractivity contribution in [2.75, 3.05) is 32.8 Å². The van der Waals surface area contributed by atoms with Gasteiger partial charge >= 0.3 is 5.97 Å². The van der Waals surface area contributed by atoms with Gasteiger partial charge in [-0.1, -0.05) is 18.2 Å². The Labute approximate surface area is 179 Å². The second-order valence-corrected chi connectivity index (χ2v) is 8.96. The highest BCUT2D eigenvalue weighted by atomic mass is 32.2. The van der Waals surface area contributed by atoms with Crippen molar-refractivity contribution in [3.05, 3.63) is 60.0 Å². The van der Waals surface area contributed by atoms with E-state index in [1.54, 1.807) is 55.7 Å². The SMILES string of the molecule is Cc1nn2cccnc2c1C(=O)OCC(=O)N1CCN(S(=O)(=O)c2ccccc2)CC1. The van der Waals surface area contributed by atoms with Crippen LogP contribution in [0.15, 0.2) is 53.7 Å². The van der Waals surface area contributed by atoms with Crippen LogP contribution in [0, 0.1) is 6.92 Å². The van der Waals surface area contributed by atoms with Crippen LogP contribution in [0.25, 0.3) is 5.65 Å². The van der Waals surface area contributed by atoms with Crippen molar-refractivity contribution in [1.82, 2.24) is 23.8 Å². The van der Waals surface area contributed by atoms with Gasteiger partial charge in [-0.2, -0.15) is 9.40 Å². The van der Waals surface area contributed by atoms with E-state index in [0.29, 0.717) is 11.3 Å². The number of nitrogens with zero attached hydrogens (tertiary/aromatic N) is 5. The summed E-state index contributed by atoms with van der Waals surface area (Å²) in [5.74, 6) is -1.06. The minimum atomic E-state index is -3.60. The molecule has 1 aromatic carbocycles. The first-order valence-corrected chi connectivity index (χ1v) is 11.1. The van der Waals surface area contributed by atoms with Crippen LogP contribution in [0.5, 0.6) is 0 Å². The number of esters is 1. The van der Waals surface area contributed by atoms with Gasteiger partial charge in [0.15, 0.2) is 12.3 Å². The van der Waals surface area contributed by atoms with E-state index in [-0.39, 0.29) is 42.5 Å². The Kier molecular flexibility index (Phi) is 5.70. The molecule has 0 N–H and O–H groups in total. The van der Waals surface area contributed by atoms with Crippen molar-refractivity contribution in [2.24, 2.45) is 0 Å². The van der Waals surface area contributed by atoms with Crippen molar-refractivity contribution in [3.63, 3.8) is 0 Å². The molecule has 1 saturated heterocycles. The largest absolute Gasteiger partial charge is 0.452 e. The molecule has 0 saturated carbocycles. The fourth-order valence-electron chi connectivity index (χ4n) is 3.45. The predicted molar refractivity (Wildman–Crippen MR) is 110 cm³/mol. The molecule has 0 unspecified atom stereocenters. The van der Waals surface area contributed by atoms with Crippen LogP contribution in [0.3, 0.4) is 0 Å². The molecule has 1 amide bonds. The second kappa shape index (κ2) is 8.44. The fourth-order valence-corrected chi connectivity index (χ4v) is 4.89. The number of ether oxygens (including phenoxy) is 1. The molecule has 3 aromatic rings. The Bertz CT molecular complexity index is 1220. The second-order valence-electron chi connectivity index (χ2n) is 7.02. The van der Waals surface area contributed by atoms with Gasteiger partial charge in [0.1, 0.15) is 5.56 Å². The summed E-state index contributed by atoms with van der Waals surface area (Å²) in [5.41, 5.74) is 1.03. The third kappa shape index (κ3) is 4.14. The van der Waals surface area contributed by atoms with Gasteiger partial charge < -0.3 is 9.64 Å². The Hall–Kier alpha value is -3.31. The van der Waals surface area contributed by atoms with Crippen LogP contribution in [-0.4, -0.2) is 76.9 Å². The number of hydrogen-bond donors (Lipinski definition) is 0. The van der Waals surface area contributed by atoms with Crippen LogP contribution >= 0.6 is 0 Å². The lowest BCUT2D eigenvalue weighted by Gasteiger charge is -2.33. The summed E-state index contributed by atoms with van der Waals surface area (Å²) in [6.07, 6.45) is 3.21. The van der Waals surface area contributed by atoms with Gasteiger partial charge in [0.05, 0.1) is 10.6 Å². The van der Waals surface area contributed by atoms with E-state index in [4.69, 9.17) is 4.74 Å². The molecule has 1 aliphatic heterocycles. The zero-order valence-electron chi connectivity index (χ0n) is 16.8. The van der Waals surface area contributed by atoms with Crippen LogP contribution in [-0.2, 0) is 19.6 Å². The molecule has 11 heteroatoms. The third-order valence-electron chi connectivity index (χ3n) is 5.07. The van der Waals surface area contributed by atoms with Gasteiger partial charge in [0, 0.05) is 38.6 Å². The minimum Gasteiger partial charge on any atom is -0.452 e. The van der Waals surface area contributed by atoms with Crippen molar-refractivity contribution >= 4 is 27.5 Å². The molecule has 0 atom stereocenters. The number of carbonyl (C=O) groups is 2. The summed E-state index contributed by atoms with van der Waals surface area (Å²) in [6, 6.07) is 9.87. The van der Waals surface area contributed by atoms with Gasteiger partial charge in [0.25, 0.3) is 5.91 Å². The van der Waals surface area contributed by atoms with E-state index in [0.717, 1.165) is 0 Å². The average Bonchev–Trinajstić information content (AvgIpc) is 3.13. The third-order valence-corrected chi connectivity index (χ3v) is 6.99. The number of aromatic nitrogens is 3. The number of sulfonamides is 1. The first-order valence-electron chi connectivity index (χ1n) is 9.68. The molecule has 1 fully saturated rings. The number of aryl methyl sites for hydroxylation is 1. The number of fused-ring (bicyclic) bond motifs is 1. The van der Waals surface area contributed by atoms with Gasteiger partial charge in [-0.3, -0.25) is 4.79 Å². The van der Waals surface area contributed by atoms with Crippen molar-refractivity contribution in [1.29, 1.82) is 0 Å². The zero-order valence-corrected chi connectivity index (χ0v) is 17.7. The summed E-state index contributed by atoms with van der Waals surface area (Å²) in [5, 5.41) is 4.20. The molecule has 1 aliphatic rings. The topological polar surface area (TPSA) is 114 Å². The molecule has 4 rings (SSSR count). The summed E-state index contributed by atoms with van der Waals surface area (Å²) in [7, 11) is -3.60. The van der Waals surface area contributed by atoms with E-state index in [9.17, 15) is 18.0 Å². The lowest BCUT2D eigenvalue weighted by Crippen LogP contribution is -2.51. The molecule has 3 heterocycles.